The van der Waals surface area contributed by atoms with Crippen LogP contribution in [0.5, 0.6) is 5.75 Å². The molecule has 110 valence electrons. The van der Waals surface area contributed by atoms with E-state index in [0.29, 0.717) is 11.3 Å². The minimum Gasteiger partial charge on any atom is -0.486 e. The Labute approximate surface area is 126 Å². The highest BCUT2D eigenvalue weighted by Crippen LogP contribution is 2.38. The molecule has 1 aliphatic rings. The van der Waals surface area contributed by atoms with E-state index in [4.69, 9.17) is 4.74 Å². The smallest absolute Gasteiger partial charge is 0.133 e. The number of ether oxygens (including phenoxy) is 1. The molecule has 0 bridgehead atoms. The molecule has 0 saturated heterocycles. The first-order valence-corrected chi connectivity index (χ1v) is 7.68. The van der Waals surface area contributed by atoms with Crippen LogP contribution in [-0.2, 0) is 0 Å². The third-order valence-corrected chi connectivity index (χ3v) is 4.65. The second-order valence-electron chi connectivity index (χ2n) is 4.85. The molecule has 0 aliphatic carbocycles. The van der Waals surface area contributed by atoms with Crippen molar-refractivity contribution in [3.8, 4) is 5.75 Å². The zero-order valence-electron chi connectivity index (χ0n) is 11.5. The van der Waals surface area contributed by atoms with Crippen molar-refractivity contribution in [3.05, 3.63) is 59.7 Å². The van der Waals surface area contributed by atoms with Gasteiger partial charge in [-0.25, -0.2) is 8.78 Å². The number of benzene rings is 2. The van der Waals surface area contributed by atoms with Crippen molar-refractivity contribution in [1.29, 1.82) is 0 Å². The molecule has 2 aromatic rings. The molecule has 2 atom stereocenters. The first-order valence-electron chi connectivity index (χ1n) is 6.69. The van der Waals surface area contributed by atoms with Crippen LogP contribution in [0.4, 0.5) is 8.78 Å². The van der Waals surface area contributed by atoms with E-state index in [0.717, 1.165) is 16.7 Å². The third kappa shape index (κ3) is 2.89. The van der Waals surface area contributed by atoms with Gasteiger partial charge in [-0.1, -0.05) is 18.2 Å². The van der Waals surface area contributed by atoms with Crippen molar-refractivity contribution >= 4 is 11.8 Å². The highest BCUT2D eigenvalue weighted by atomic mass is 32.2. The summed E-state index contributed by atoms with van der Waals surface area (Å²) in [7, 11) is 1.75. The summed E-state index contributed by atoms with van der Waals surface area (Å²) in [4.78, 5) is 1.09. The van der Waals surface area contributed by atoms with Gasteiger partial charge in [-0.15, -0.1) is 11.8 Å². The lowest BCUT2D eigenvalue weighted by Gasteiger charge is -2.32. The number of nitrogens with one attached hydrogen (secondary N) is 1. The van der Waals surface area contributed by atoms with Gasteiger partial charge in [0.2, 0.25) is 0 Å². The largest absolute Gasteiger partial charge is 0.486 e. The third-order valence-electron chi connectivity index (χ3n) is 3.51. The van der Waals surface area contributed by atoms with Crippen LogP contribution in [0.25, 0.3) is 0 Å². The lowest BCUT2D eigenvalue weighted by atomic mass is 10.0. The number of hydrogen-bond acceptors (Lipinski definition) is 3. The molecule has 2 nitrogen and oxygen atoms in total. The Morgan fingerprint density at radius 1 is 1.24 bits per heavy atom. The molecule has 21 heavy (non-hydrogen) atoms. The topological polar surface area (TPSA) is 21.3 Å². The quantitative estimate of drug-likeness (QED) is 0.932. The summed E-state index contributed by atoms with van der Waals surface area (Å²) in [6, 6.07) is 11.1. The molecular weight excluding hydrogens is 292 g/mol. The molecule has 2 aromatic carbocycles. The Hall–Kier alpha value is -1.59. The van der Waals surface area contributed by atoms with Crippen LogP contribution < -0.4 is 10.1 Å². The van der Waals surface area contributed by atoms with Gasteiger partial charge in [-0.05, 0) is 25.2 Å². The fourth-order valence-electron chi connectivity index (χ4n) is 2.50. The predicted octanol–water partition coefficient (Wildman–Crippen LogP) is 3.78. The minimum atomic E-state index is -0.574. The predicted molar refractivity (Wildman–Crippen MR) is 79.7 cm³/mol. The first kappa shape index (κ1) is 14.4. The lowest BCUT2D eigenvalue weighted by Crippen LogP contribution is -2.37. The zero-order valence-corrected chi connectivity index (χ0v) is 12.3. The average molecular weight is 307 g/mol. The monoisotopic (exact) mass is 307 g/mol. The summed E-state index contributed by atoms with van der Waals surface area (Å²) in [5.41, 5.74) is 0.420. The van der Waals surface area contributed by atoms with Gasteiger partial charge in [0.15, 0.2) is 0 Å². The standard InChI is InChI=1S/C16H15F2NOS/c1-19-16(11-7-6-10(17)8-12(11)18)14-9-21-15-5-3-2-4-13(15)20-14/h2-8,14,16,19H,9H2,1H3. The zero-order chi connectivity index (χ0) is 14.8. The summed E-state index contributed by atoms with van der Waals surface area (Å²) in [5, 5.41) is 3.08. The molecule has 1 N–H and O–H groups in total. The lowest BCUT2D eigenvalue weighted by molar-refractivity contribution is 0.169. The number of hydrogen-bond donors (Lipinski definition) is 1. The van der Waals surface area contributed by atoms with Crippen LogP contribution in [-0.4, -0.2) is 18.9 Å². The van der Waals surface area contributed by atoms with E-state index in [-0.39, 0.29) is 12.1 Å². The normalized spacial score (nSPS) is 18.7. The van der Waals surface area contributed by atoms with Crippen LogP contribution in [0.15, 0.2) is 47.4 Å². The number of para-hydroxylation sites is 1. The summed E-state index contributed by atoms with van der Waals surface area (Å²) in [5.74, 6) is 0.387. The van der Waals surface area contributed by atoms with E-state index in [9.17, 15) is 8.78 Å². The SMILES string of the molecule is CNC(c1ccc(F)cc1F)C1CSc2ccccc2O1. The maximum Gasteiger partial charge on any atom is 0.133 e. The Morgan fingerprint density at radius 2 is 2.05 bits per heavy atom. The maximum absolute atomic E-state index is 14.0. The number of thioether (sulfide) groups is 1. The molecule has 5 heteroatoms. The molecule has 0 fully saturated rings. The van der Waals surface area contributed by atoms with Gasteiger partial charge in [-0.3, -0.25) is 0 Å². The molecule has 0 radical (unpaired) electrons. The van der Waals surface area contributed by atoms with Crippen molar-refractivity contribution in [2.45, 2.75) is 17.0 Å². The second kappa shape index (κ2) is 6.03. The van der Waals surface area contributed by atoms with Gasteiger partial charge in [0.05, 0.1) is 6.04 Å². The van der Waals surface area contributed by atoms with Gasteiger partial charge in [-0.2, -0.15) is 0 Å². The van der Waals surface area contributed by atoms with Crippen LogP contribution in [0.1, 0.15) is 11.6 Å². The van der Waals surface area contributed by atoms with Gasteiger partial charge >= 0.3 is 0 Å². The van der Waals surface area contributed by atoms with Crippen molar-refractivity contribution in [1.82, 2.24) is 5.32 Å². The Balaban J connectivity index is 1.88. The molecular formula is C16H15F2NOS. The van der Waals surface area contributed by atoms with Gasteiger partial charge < -0.3 is 10.1 Å². The summed E-state index contributed by atoms with van der Waals surface area (Å²) < 4.78 is 33.0. The summed E-state index contributed by atoms with van der Waals surface area (Å²) in [6.07, 6.45) is -0.213. The number of likely N-dealkylation sites (N-methyl/N-ethyl adjacent to an activating group) is 1. The van der Waals surface area contributed by atoms with Crippen LogP contribution in [0.2, 0.25) is 0 Å². The molecule has 2 unspecified atom stereocenters. The number of rotatable bonds is 3. The van der Waals surface area contributed by atoms with Crippen molar-refractivity contribution in [2.75, 3.05) is 12.8 Å². The van der Waals surface area contributed by atoms with E-state index in [1.165, 1.54) is 12.1 Å². The molecule has 0 amide bonds. The Kier molecular flexibility index (Phi) is 4.12. The molecule has 0 saturated carbocycles. The molecule has 0 aromatic heterocycles. The Bertz CT molecular complexity index is 650. The Morgan fingerprint density at radius 3 is 2.81 bits per heavy atom. The molecule has 0 spiro atoms. The summed E-state index contributed by atoms with van der Waals surface area (Å²) >= 11 is 1.68. The van der Waals surface area contributed by atoms with Gasteiger partial charge in [0.1, 0.15) is 23.5 Å². The summed E-state index contributed by atoms with van der Waals surface area (Å²) in [6.45, 7) is 0. The minimum absolute atomic E-state index is 0.213. The second-order valence-corrected chi connectivity index (χ2v) is 5.91. The highest BCUT2D eigenvalue weighted by molar-refractivity contribution is 7.99. The van der Waals surface area contributed by atoms with Gasteiger partial charge in [0, 0.05) is 22.3 Å². The average Bonchev–Trinajstić information content (AvgIpc) is 2.50. The van der Waals surface area contributed by atoms with Crippen LogP contribution in [0, 0.1) is 11.6 Å². The van der Waals surface area contributed by atoms with Crippen molar-refractivity contribution < 1.29 is 13.5 Å². The fraction of sp³-hybridized carbons (Fsp3) is 0.250. The van der Waals surface area contributed by atoms with E-state index in [1.54, 1.807) is 18.8 Å². The molecule has 1 aliphatic heterocycles. The van der Waals surface area contributed by atoms with Crippen molar-refractivity contribution in [2.24, 2.45) is 0 Å². The van der Waals surface area contributed by atoms with E-state index in [2.05, 4.69) is 5.32 Å². The van der Waals surface area contributed by atoms with Gasteiger partial charge in [0.25, 0.3) is 0 Å². The number of fused-ring (bicyclic) bond motifs is 1. The molecule has 1 heterocycles. The fourth-order valence-corrected chi connectivity index (χ4v) is 3.53. The van der Waals surface area contributed by atoms with Crippen molar-refractivity contribution in [3.63, 3.8) is 0 Å². The highest BCUT2D eigenvalue weighted by Gasteiger charge is 2.30. The van der Waals surface area contributed by atoms with E-state index in [1.807, 2.05) is 24.3 Å². The van der Waals surface area contributed by atoms with E-state index >= 15 is 0 Å². The number of halogens is 2. The maximum atomic E-state index is 14.0. The van der Waals surface area contributed by atoms with E-state index < -0.39 is 11.6 Å². The van der Waals surface area contributed by atoms with Crippen LogP contribution >= 0.6 is 11.8 Å². The van der Waals surface area contributed by atoms with Crippen LogP contribution in [0.3, 0.4) is 0 Å². The molecule has 3 rings (SSSR count). The first-order chi connectivity index (χ1) is 10.2.